The molecule has 6 heteroatoms. The van der Waals surface area contributed by atoms with Crippen LogP contribution >= 0.6 is 0 Å². The van der Waals surface area contributed by atoms with Gasteiger partial charge in [0.05, 0.1) is 12.7 Å². The van der Waals surface area contributed by atoms with Gasteiger partial charge in [-0.15, -0.1) is 0 Å². The molecule has 0 aliphatic heterocycles. The summed E-state index contributed by atoms with van der Waals surface area (Å²) in [6, 6.07) is 0. The van der Waals surface area contributed by atoms with E-state index in [1.54, 1.807) is 4.90 Å². The molecule has 0 amide bonds. The average Bonchev–Trinajstić information content (AvgIpc) is 2.54. The van der Waals surface area contributed by atoms with Gasteiger partial charge in [0, 0.05) is 25.6 Å². The summed E-state index contributed by atoms with van der Waals surface area (Å²) in [5.74, 6) is -1.10. The van der Waals surface area contributed by atoms with Crippen LogP contribution < -0.4 is 34.7 Å². The van der Waals surface area contributed by atoms with E-state index in [1.807, 2.05) is 0 Å². The second kappa shape index (κ2) is 20.7. The molecule has 0 aliphatic carbocycles. The van der Waals surface area contributed by atoms with Gasteiger partial charge in [-0.1, -0.05) is 71.1 Å². The third-order valence-electron chi connectivity index (χ3n) is 4.41. The number of carboxylic acids is 1. The molecule has 25 heavy (non-hydrogen) atoms. The van der Waals surface area contributed by atoms with E-state index < -0.39 is 12.1 Å². The number of aliphatic hydroxyl groups excluding tert-OH is 2. The molecular weight excluding hydrogens is 329 g/mol. The molecule has 0 rings (SSSR count). The van der Waals surface area contributed by atoms with Gasteiger partial charge in [-0.2, -0.15) is 0 Å². The minimum absolute atomic E-state index is 0. The Bertz CT molecular complexity index is 293. The average molecular weight is 368 g/mol. The molecule has 144 valence electrons. The zero-order chi connectivity index (χ0) is 18.0. The molecule has 0 spiro atoms. The van der Waals surface area contributed by atoms with E-state index in [0.717, 1.165) is 19.3 Å². The van der Waals surface area contributed by atoms with E-state index in [4.69, 9.17) is 5.11 Å². The monoisotopic (exact) mass is 367 g/mol. The molecule has 0 aromatic rings. The Balaban J connectivity index is 0. The summed E-state index contributed by atoms with van der Waals surface area (Å²) in [4.78, 5) is 12.3. The molecule has 1 atom stereocenters. The second-order valence-corrected chi connectivity index (χ2v) is 6.77. The largest absolute Gasteiger partial charge is 1.00 e. The van der Waals surface area contributed by atoms with Gasteiger partial charge in [-0.3, -0.25) is 4.90 Å². The summed E-state index contributed by atoms with van der Waals surface area (Å²) in [7, 11) is 0. The number of carbonyl (C=O) groups excluding carboxylic acids is 1. The molecular formula is C19H38NNaO4. The number of nitrogens with zero attached hydrogens (tertiary/aromatic N) is 1. The van der Waals surface area contributed by atoms with Crippen LogP contribution in [0.15, 0.2) is 0 Å². The standard InChI is InChI=1S/C19H39NO4.Na/c1-2-3-4-5-6-7-8-9-10-11-12-18(22)17-20(15-16-21)14-13-19(23)24;/h18,21-22H,2-17H2,1H3,(H,23,24);/q;+1/p-1. The van der Waals surface area contributed by atoms with E-state index in [2.05, 4.69) is 6.92 Å². The minimum Gasteiger partial charge on any atom is -0.550 e. The van der Waals surface area contributed by atoms with E-state index >= 15 is 0 Å². The van der Waals surface area contributed by atoms with Gasteiger partial charge in [0.2, 0.25) is 0 Å². The van der Waals surface area contributed by atoms with E-state index in [0.29, 0.717) is 19.6 Å². The van der Waals surface area contributed by atoms with Gasteiger partial charge in [0.1, 0.15) is 0 Å². The SMILES string of the molecule is CCCCCCCCCCCCC(O)CN(CCO)CCC(=O)[O-].[Na+]. The van der Waals surface area contributed by atoms with Crippen molar-refractivity contribution in [3.05, 3.63) is 0 Å². The van der Waals surface area contributed by atoms with Crippen molar-refractivity contribution in [2.75, 3.05) is 26.2 Å². The fourth-order valence-electron chi connectivity index (χ4n) is 2.94. The number of rotatable bonds is 18. The molecule has 0 bridgehead atoms. The molecule has 0 radical (unpaired) electrons. The van der Waals surface area contributed by atoms with Crippen LogP contribution in [0.2, 0.25) is 0 Å². The van der Waals surface area contributed by atoms with Gasteiger partial charge in [0.15, 0.2) is 0 Å². The third kappa shape index (κ3) is 20.5. The van der Waals surface area contributed by atoms with Crippen LogP contribution in [0, 0.1) is 0 Å². The van der Waals surface area contributed by atoms with Gasteiger partial charge < -0.3 is 20.1 Å². The maximum atomic E-state index is 10.5. The summed E-state index contributed by atoms with van der Waals surface area (Å²) in [6.07, 6.45) is 12.9. The quantitative estimate of drug-likeness (QED) is 0.242. The Labute approximate surface area is 176 Å². The van der Waals surface area contributed by atoms with Crippen molar-refractivity contribution in [1.29, 1.82) is 0 Å². The number of hydrogen-bond acceptors (Lipinski definition) is 5. The van der Waals surface area contributed by atoms with Gasteiger partial charge in [0.25, 0.3) is 0 Å². The van der Waals surface area contributed by atoms with Crippen molar-refractivity contribution >= 4 is 5.97 Å². The molecule has 0 saturated carbocycles. The fourth-order valence-corrected chi connectivity index (χ4v) is 2.94. The van der Waals surface area contributed by atoms with Crippen LogP contribution in [0.4, 0.5) is 0 Å². The Kier molecular flexibility index (Phi) is 22.8. The van der Waals surface area contributed by atoms with E-state index in [-0.39, 0.29) is 42.6 Å². The topological polar surface area (TPSA) is 83.8 Å². The summed E-state index contributed by atoms with van der Waals surface area (Å²) in [6.45, 7) is 3.34. The number of aliphatic carboxylic acids is 1. The van der Waals surface area contributed by atoms with Gasteiger partial charge in [-0.25, -0.2) is 0 Å². The number of hydrogen-bond donors (Lipinski definition) is 2. The first-order chi connectivity index (χ1) is 11.6. The Morgan fingerprint density at radius 3 is 1.96 bits per heavy atom. The van der Waals surface area contributed by atoms with Crippen LogP contribution in [0.3, 0.4) is 0 Å². The first-order valence-corrected chi connectivity index (χ1v) is 9.81. The normalized spacial score (nSPS) is 12.2. The molecule has 0 fully saturated rings. The molecule has 0 heterocycles. The van der Waals surface area contributed by atoms with Gasteiger partial charge in [-0.05, 0) is 12.8 Å². The molecule has 0 aromatic heterocycles. The fraction of sp³-hybridized carbons (Fsp3) is 0.947. The van der Waals surface area contributed by atoms with Crippen molar-refractivity contribution in [1.82, 2.24) is 4.90 Å². The summed E-state index contributed by atoms with van der Waals surface area (Å²) >= 11 is 0. The van der Waals surface area contributed by atoms with Crippen LogP contribution in [0.1, 0.15) is 84.0 Å². The molecule has 0 aliphatic rings. The smallest absolute Gasteiger partial charge is 0.550 e. The number of carbonyl (C=O) groups is 1. The maximum absolute atomic E-state index is 10.5. The predicted molar refractivity (Wildman–Crippen MR) is 95.6 cm³/mol. The van der Waals surface area contributed by atoms with Crippen LogP contribution in [-0.4, -0.2) is 53.4 Å². The van der Waals surface area contributed by atoms with Crippen molar-refractivity contribution in [2.45, 2.75) is 90.1 Å². The molecule has 5 nitrogen and oxygen atoms in total. The van der Waals surface area contributed by atoms with E-state index in [1.165, 1.54) is 51.4 Å². The Morgan fingerprint density at radius 1 is 0.960 bits per heavy atom. The predicted octanol–water partition coefficient (Wildman–Crippen LogP) is -0.903. The third-order valence-corrected chi connectivity index (χ3v) is 4.41. The molecule has 0 saturated heterocycles. The van der Waals surface area contributed by atoms with Gasteiger partial charge >= 0.3 is 29.6 Å². The molecule has 2 N–H and O–H groups in total. The van der Waals surface area contributed by atoms with Crippen molar-refractivity contribution in [2.24, 2.45) is 0 Å². The Hall–Kier alpha value is 0.350. The number of carboxylic acid groups (broad SMARTS) is 1. The van der Waals surface area contributed by atoms with E-state index in [9.17, 15) is 15.0 Å². The zero-order valence-electron chi connectivity index (χ0n) is 16.5. The molecule has 1 unspecified atom stereocenters. The maximum Gasteiger partial charge on any atom is 1.00 e. The van der Waals surface area contributed by atoms with Crippen LogP contribution in [0.25, 0.3) is 0 Å². The number of unbranched alkanes of at least 4 members (excludes halogenated alkanes) is 9. The summed E-state index contributed by atoms with van der Waals surface area (Å²) < 4.78 is 0. The summed E-state index contributed by atoms with van der Waals surface area (Å²) in [5, 5.41) is 29.5. The molecule has 0 aromatic carbocycles. The second-order valence-electron chi connectivity index (χ2n) is 6.77. The van der Waals surface area contributed by atoms with Crippen molar-refractivity contribution in [3.63, 3.8) is 0 Å². The van der Waals surface area contributed by atoms with Crippen molar-refractivity contribution < 1.29 is 49.7 Å². The summed E-state index contributed by atoms with van der Waals surface area (Å²) in [5.41, 5.74) is 0. The first kappa shape index (κ1) is 27.6. The zero-order valence-corrected chi connectivity index (χ0v) is 18.5. The first-order valence-electron chi connectivity index (χ1n) is 9.81. The number of aliphatic hydroxyl groups is 2. The van der Waals surface area contributed by atoms with Crippen molar-refractivity contribution in [3.8, 4) is 0 Å². The van der Waals surface area contributed by atoms with Crippen LogP contribution in [0.5, 0.6) is 0 Å². The minimum atomic E-state index is -1.10. The Morgan fingerprint density at radius 2 is 1.48 bits per heavy atom. The van der Waals surface area contributed by atoms with Crippen LogP contribution in [-0.2, 0) is 4.79 Å².